The van der Waals surface area contributed by atoms with E-state index in [1.807, 2.05) is 34.6 Å². The zero-order valence-electron chi connectivity index (χ0n) is 23.3. The van der Waals surface area contributed by atoms with E-state index < -0.39 is 21.0 Å². The van der Waals surface area contributed by atoms with Crippen molar-refractivity contribution in [2.75, 3.05) is 19.4 Å². The summed E-state index contributed by atoms with van der Waals surface area (Å²) < 4.78 is 37.4. The van der Waals surface area contributed by atoms with Gasteiger partial charge in [-0.1, -0.05) is 13.8 Å². The number of likely N-dealkylation sites (tertiary alicyclic amines) is 1. The number of carbonyl (C=O) groups is 1. The van der Waals surface area contributed by atoms with Crippen molar-refractivity contribution in [1.82, 2.24) is 29.6 Å². The highest BCUT2D eigenvalue weighted by molar-refractivity contribution is 7.90. The number of fused-ring (bicyclic) bond motifs is 1. The van der Waals surface area contributed by atoms with Gasteiger partial charge in [-0.05, 0) is 52.5 Å². The van der Waals surface area contributed by atoms with Crippen molar-refractivity contribution in [3.05, 3.63) is 28.3 Å². The molecule has 0 saturated carbocycles. The zero-order chi connectivity index (χ0) is 28.5. The van der Waals surface area contributed by atoms with Gasteiger partial charge in [0.15, 0.2) is 15.4 Å². The number of nitrogens with one attached hydrogen (secondary N) is 1. The van der Waals surface area contributed by atoms with Gasteiger partial charge in [-0.25, -0.2) is 23.2 Å². The van der Waals surface area contributed by atoms with E-state index in [9.17, 15) is 18.0 Å². The molecule has 1 atom stereocenters. The summed E-state index contributed by atoms with van der Waals surface area (Å²) in [5.41, 5.74) is 0.530. The van der Waals surface area contributed by atoms with Gasteiger partial charge in [0.1, 0.15) is 16.9 Å². The standard InChI is InChI=1S/C26H36N6O6S/c1-7-12-37-24-18(13-17(14-27-24)39(6,35)36)22-28-20-19(8-2)30-32(21(20)23(33)29-22)15-16-10-9-11-31(16)25(34)38-26(3,4)5/h13-14,16H,7-12,15H2,1-6H3,(H,28,29,33)/t16-/m0/s1. The van der Waals surface area contributed by atoms with Crippen LogP contribution in [-0.2, 0) is 27.5 Å². The monoisotopic (exact) mass is 560 g/mol. The van der Waals surface area contributed by atoms with E-state index in [-0.39, 0.29) is 39.8 Å². The quantitative estimate of drug-likeness (QED) is 0.438. The molecule has 39 heavy (non-hydrogen) atoms. The van der Waals surface area contributed by atoms with Crippen LogP contribution in [0.2, 0.25) is 0 Å². The van der Waals surface area contributed by atoms with E-state index in [1.54, 1.807) is 9.58 Å². The number of aromatic amines is 1. The fraction of sp³-hybridized carbons (Fsp3) is 0.577. The third kappa shape index (κ3) is 6.23. The summed E-state index contributed by atoms with van der Waals surface area (Å²) in [6.07, 6.45) is 4.74. The van der Waals surface area contributed by atoms with Gasteiger partial charge < -0.3 is 19.4 Å². The Kier molecular flexibility index (Phi) is 8.01. The largest absolute Gasteiger partial charge is 0.477 e. The van der Waals surface area contributed by atoms with Crippen LogP contribution >= 0.6 is 0 Å². The number of rotatable bonds is 8. The SMILES string of the molecule is CCCOc1ncc(S(C)(=O)=O)cc1-c1nc2c(CC)nn(C[C@@H]3CCCN3C(=O)OC(C)(C)C)c2c(=O)[nH]1. The number of nitrogens with zero attached hydrogens (tertiary/aromatic N) is 5. The number of aromatic nitrogens is 5. The molecule has 212 valence electrons. The Bertz CT molecular complexity index is 1540. The summed E-state index contributed by atoms with van der Waals surface area (Å²) in [4.78, 5) is 39.6. The highest BCUT2D eigenvalue weighted by Crippen LogP contribution is 2.30. The predicted octanol–water partition coefficient (Wildman–Crippen LogP) is 3.34. The third-order valence-electron chi connectivity index (χ3n) is 6.34. The van der Waals surface area contributed by atoms with Crippen LogP contribution < -0.4 is 10.3 Å². The van der Waals surface area contributed by atoms with Crippen LogP contribution in [0.3, 0.4) is 0 Å². The van der Waals surface area contributed by atoms with Crippen molar-refractivity contribution in [2.45, 2.75) is 83.4 Å². The third-order valence-corrected chi connectivity index (χ3v) is 7.42. The number of pyridine rings is 1. The maximum atomic E-state index is 13.5. The van der Waals surface area contributed by atoms with Crippen molar-refractivity contribution in [1.29, 1.82) is 0 Å². The van der Waals surface area contributed by atoms with Gasteiger partial charge in [-0.3, -0.25) is 9.48 Å². The number of sulfone groups is 1. The second-order valence-electron chi connectivity index (χ2n) is 10.7. The summed E-state index contributed by atoms with van der Waals surface area (Å²) in [5.74, 6) is 0.318. The van der Waals surface area contributed by atoms with Gasteiger partial charge in [0.05, 0.1) is 35.3 Å². The van der Waals surface area contributed by atoms with Crippen LogP contribution in [-0.4, -0.2) is 75.2 Å². The van der Waals surface area contributed by atoms with Gasteiger partial charge in [0.2, 0.25) is 5.88 Å². The molecule has 4 rings (SSSR count). The molecule has 1 aliphatic heterocycles. The summed E-state index contributed by atoms with van der Waals surface area (Å²) in [6, 6.07) is 1.22. The number of ether oxygens (including phenoxy) is 2. The van der Waals surface area contributed by atoms with Crippen LogP contribution in [0, 0.1) is 0 Å². The molecule has 1 saturated heterocycles. The number of carbonyl (C=O) groups excluding carboxylic acids is 1. The highest BCUT2D eigenvalue weighted by Gasteiger charge is 2.33. The van der Waals surface area contributed by atoms with Gasteiger partial charge in [0.25, 0.3) is 5.56 Å². The van der Waals surface area contributed by atoms with E-state index >= 15 is 0 Å². The minimum Gasteiger partial charge on any atom is -0.477 e. The zero-order valence-corrected chi connectivity index (χ0v) is 24.1. The summed E-state index contributed by atoms with van der Waals surface area (Å²) in [5, 5.41) is 4.68. The second kappa shape index (κ2) is 10.9. The molecule has 1 N–H and O–H groups in total. The number of H-pyrrole nitrogens is 1. The molecule has 12 nitrogen and oxygen atoms in total. The van der Waals surface area contributed by atoms with Crippen molar-refractivity contribution < 1.29 is 22.7 Å². The van der Waals surface area contributed by atoms with Crippen molar-refractivity contribution in [3.8, 4) is 17.3 Å². The first kappa shape index (κ1) is 28.5. The van der Waals surface area contributed by atoms with E-state index in [0.717, 1.165) is 19.1 Å². The molecule has 0 spiro atoms. The summed E-state index contributed by atoms with van der Waals surface area (Å²) in [6.45, 7) is 10.6. The molecule has 1 aliphatic rings. The Morgan fingerprint density at radius 2 is 2.00 bits per heavy atom. The number of aryl methyl sites for hydroxylation is 1. The molecule has 1 fully saturated rings. The summed E-state index contributed by atoms with van der Waals surface area (Å²) >= 11 is 0. The molecule has 1 amide bonds. The lowest BCUT2D eigenvalue weighted by atomic mass is 10.2. The number of hydrogen-bond donors (Lipinski definition) is 1. The number of amides is 1. The van der Waals surface area contributed by atoms with Gasteiger partial charge >= 0.3 is 6.09 Å². The Morgan fingerprint density at radius 3 is 2.64 bits per heavy atom. The second-order valence-corrected chi connectivity index (χ2v) is 12.7. The van der Waals surface area contributed by atoms with Crippen molar-refractivity contribution >= 4 is 27.0 Å². The molecule has 13 heteroatoms. The molecular weight excluding hydrogens is 524 g/mol. The number of hydrogen-bond acceptors (Lipinski definition) is 9. The maximum absolute atomic E-state index is 13.5. The summed E-state index contributed by atoms with van der Waals surface area (Å²) in [7, 11) is -3.57. The fourth-order valence-electron chi connectivity index (χ4n) is 4.55. The molecule has 0 aliphatic carbocycles. The average Bonchev–Trinajstić information content (AvgIpc) is 3.46. The van der Waals surface area contributed by atoms with E-state index in [4.69, 9.17) is 14.5 Å². The molecule has 3 aromatic rings. The fourth-order valence-corrected chi connectivity index (χ4v) is 5.13. The van der Waals surface area contributed by atoms with Crippen molar-refractivity contribution in [2.24, 2.45) is 0 Å². The molecule has 0 unspecified atom stereocenters. The van der Waals surface area contributed by atoms with Gasteiger partial charge in [-0.15, -0.1) is 0 Å². The van der Waals surface area contributed by atoms with Crippen LogP contribution in [0.4, 0.5) is 4.79 Å². The van der Waals surface area contributed by atoms with Crippen LogP contribution in [0.5, 0.6) is 5.88 Å². The van der Waals surface area contributed by atoms with Crippen LogP contribution in [0.15, 0.2) is 22.0 Å². The van der Waals surface area contributed by atoms with Crippen molar-refractivity contribution in [3.63, 3.8) is 0 Å². The molecule has 0 radical (unpaired) electrons. The highest BCUT2D eigenvalue weighted by atomic mass is 32.2. The lowest BCUT2D eigenvalue weighted by molar-refractivity contribution is 0.0212. The maximum Gasteiger partial charge on any atom is 0.410 e. The normalized spacial score (nSPS) is 16.2. The van der Waals surface area contributed by atoms with Gasteiger partial charge in [-0.2, -0.15) is 5.10 Å². The Labute approximate surface area is 227 Å². The molecule has 0 bridgehead atoms. The van der Waals surface area contributed by atoms with E-state index in [1.165, 1.54) is 12.3 Å². The van der Waals surface area contributed by atoms with E-state index in [0.29, 0.717) is 43.7 Å². The topological polar surface area (TPSA) is 149 Å². The Morgan fingerprint density at radius 1 is 1.26 bits per heavy atom. The lowest BCUT2D eigenvalue weighted by Crippen LogP contribution is -2.41. The first-order valence-electron chi connectivity index (χ1n) is 13.1. The smallest absolute Gasteiger partial charge is 0.410 e. The van der Waals surface area contributed by atoms with Crippen LogP contribution in [0.1, 0.15) is 59.6 Å². The minimum absolute atomic E-state index is 0.0148. The molecule has 3 aromatic heterocycles. The minimum atomic E-state index is -3.57. The van der Waals surface area contributed by atoms with E-state index in [2.05, 4.69) is 15.1 Å². The molecular formula is C26H36N6O6S. The predicted molar refractivity (Wildman–Crippen MR) is 146 cm³/mol. The van der Waals surface area contributed by atoms with Gasteiger partial charge in [0, 0.05) is 19.0 Å². The Hall–Kier alpha value is -3.48. The molecule has 0 aromatic carbocycles. The first-order valence-corrected chi connectivity index (χ1v) is 15.0. The average molecular weight is 561 g/mol. The van der Waals surface area contributed by atoms with Crippen LogP contribution in [0.25, 0.3) is 22.4 Å². The lowest BCUT2D eigenvalue weighted by Gasteiger charge is -2.28. The Balaban J connectivity index is 1.77. The molecule has 4 heterocycles. The first-order chi connectivity index (χ1) is 18.3.